The molecule has 4 heteroatoms. The van der Waals surface area contributed by atoms with Crippen LogP contribution in [0.2, 0.25) is 0 Å². The SMILES string of the molecule is CCc1cccc(NC(=O)CN(C)CCN)c1. The van der Waals surface area contributed by atoms with E-state index in [9.17, 15) is 4.79 Å². The predicted molar refractivity (Wildman–Crippen MR) is 71.0 cm³/mol. The number of hydrogen-bond acceptors (Lipinski definition) is 3. The first-order valence-electron chi connectivity index (χ1n) is 5.93. The molecule has 4 nitrogen and oxygen atoms in total. The second kappa shape index (κ2) is 7.04. The molecule has 1 amide bonds. The van der Waals surface area contributed by atoms with Crippen molar-refractivity contribution in [1.29, 1.82) is 0 Å². The molecule has 0 heterocycles. The molecule has 0 spiro atoms. The maximum absolute atomic E-state index is 11.7. The lowest BCUT2D eigenvalue weighted by Gasteiger charge is -2.15. The van der Waals surface area contributed by atoms with Gasteiger partial charge in [0.25, 0.3) is 0 Å². The number of amides is 1. The lowest BCUT2D eigenvalue weighted by molar-refractivity contribution is -0.117. The molecule has 1 aromatic rings. The van der Waals surface area contributed by atoms with E-state index in [1.807, 2.05) is 30.1 Å². The lowest BCUT2D eigenvalue weighted by Crippen LogP contribution is -2.33. The Hall–Kier alpha value is -1.39. The molecule has 17 heavy (non-hydrogen) atoms. The highest BCUT2D eigenvalue weighted by Crippen LogP contribution is 2.10. The Labute approximate surface area is 103 Å². The van der Waals surface area contributed by atoms with Gasteiger partial charge in [0.05, 0.1) is 6.54 Å². The molecule has 0 aliphatic rings. The highest BCUT2D eigenvalue weighted by molar-refractivity contribution is 5.92. The van der Waals surface area contributed by atoms with Gasteiger partial charge in [0.1, 0.15) is 0 Å². The lowest BCUT2D eigenvalue weighted by atomic mass is 10.1. The fraction of sp³-hybridized carbons (Fsp3) is 0.462. The van der Waals surface area contributed by atoms with E-state index < -0.39 is 0 Å². The number of nitrogens with one attached hydrogen (secondary N) is 1. The fourth-order valence-electron chi connectivity index (χ4n) is 1.61. The van der Waals surface area contributed by atoms with Gasteiger partial charge in [-0.15, -0.1) is 0 Å². The molecule has 0 saturated carbocycles. The van der Waals surface area contributed by atoms with Crippen LogP contribution in [0.15, 0.2) is 24.3 Å². The van der Waals surface area contributed by atoms with Gasteiger partial charge in [-0.2, -0.15) is 0 Å². The molecular weight excluding hydrogens is 214 g/mol. The summed E-state index contributed by atoms with van der Waals surface area (Å²) in [5.74, 6) is -0.00537. The maximum Gasteiger partial charge on any atom is 0.238 e. The van der Waals surface area contributed by atoms with Crippen molar-refractivity contribution >= 4 is 11.6 Å². The first kappa shape index (κ1) is 13.7. The monoisotopic (exact) mass is 235 g/mol. The van der Waals surface area contributed by atoms with Gasteiger partial charge >= 0.3 is 0 Å². The van der Waals surface area contributed by atoms with E-state index in [0.29, 0.717) is 13.1 Å². The Kier molecular flexibility index (Phi) is 5.66. The van der Waals surface area contributed by atoms with E-state index in [4.69, 9.17) is 5.73 Å². The summed E-state index contributed by atoms with van der Waals surface area (Å²) in [6.45, 7) is 3.75. The molecule has 0 bridgehead atoms. The Bertz CT molecular complexity index is 365. The molecule has 1 rings (SSSR count). The average molecular weight is 235 g/mol. The van der Waals surface area contributed by atoms with Crippen molar-refractivity contribution in [2.24, 2.45) is 5.73 Å². The number of aryl methyl sites for hydroxylation is 1. The molecule has 94 valence electrons. The first-order chi connectivity index (χ1) is 8.15. The van der Waals surface area contributed by atoms with Crippen molar-refractivity contribution in [3.05, 3.63) is 29.8 Å². The second-order valence-corrected chi connectivity index (χ2v) is 4.13. The van der Waals surface area contributed by atoms with E-state index in [1.165, 1.54) is 5.56 Å². The Balaban J connectivity index is 2.49. The van der Waals surface area contributed by atoms with Gasteiger partial charge in [-0.3, -0.25) is 9.69 Å². The number of nitrogens with two attached hydrogens (primary N) is 1. The van der Waals surface area contributed by atoms with Gasteiger partial charge in [-0.25, -0.2) is 0 Å². The van der Waals surface area contributed by atoms with Crippen LogP contribution in [0.25, 0.3) is 0 Å². The summed E-state index contributed by atoms with van der Waals surface area (Å²) < 4.78 is 0. The highest BCUT2D eigenvalue weighted by Gasteiger charge is 2.06. The minimum atomic E-state index is -0.00537. The van der Waals surface area contributed by atoms with Crippen molar-refractivity contribution in [2.75, 3.05) is 32.0 Å². The molecule has 0 fully saturated rings. The molecule has 3 N–H and O–H groups in total. The summed E-state index contributed by atoms with van der Waals surface area (Å²) in [7, 11) is 1.88. The third-order valence-corrected chi connectivity index (χ3v) is 2.54. The van der Waals surface area contributed by atoms with Crippen LogP contribution in [-0.4, -0.2) is 37.5 Å². The summed E-state index contributed by atoms with van der Waals surface area (Å²) in [5, 5.41) is 2.88. The van der Waals surface area contributed by atoms with Gasteiger partial charge < -0.3 is 11.1 Å². The van der Waals surface area contributed by atoms with Gasteiger partial charge in [0.15, 0.2) is 0 Å². The number of benzene rings is 1. The van der Waals surface area contributed by atoms with Gasteiger partial charge in [0.2, 0.25) is 5.91 Å². The molecule has 1 aromatic carbocycles. The molecule has 0 saturated heterocycles. The number of carbonyl (C=O) groups excluding carboxylic acids is 1. The third-order valence-electron chi connectivity index (χ3n) is 2.54. The maximum atomic E-state index is 11.7. The van der Waals surface area contributed by atoms with Gasteiger partial charge in [-0.1, -0.05) is 19.1 Å². The summed E-state index contributed by atoms with van der Waals surface area (Å²) in [5.41, 5.74) is 7.50. The van der Waals surface area contributed by atoms with Crippen LogP contribution in [0.3, 0.4) is 0 Å². The summed E-state index contributed by atoms with van der Waals surface area (Å²) >= 11 is 0. The summed E-state index contributed by atoms with van der Waals surface area (Å²) in [6, 6.07) is 7.91. The van der Waals surface area contributed by atoms with E-state index in [-0.39, 0.29) is 5.91 Å². The zero-order valence-corrected chi connectivity index (χ0v) is 10.6. The minimum Gasteiger partial charge on any atom is -0.329 e. The molecule has 0 atom stereocenters. The van der Waals surface area contributed by atoms with Crippen LogP contribution >= 0.6 is 0 Å². The number of anilines is 1. The van der Waals surface area contributed by atoms with Crippen molar-refractivity contribution < 1.29 is 4.79 Å². The van der Waals surface area contributed by atoms with E-state index in [0.717, 1.165) is 18.7 Å². The number of carbonyl (C=O) groups is 1. The summed E-state index contributed by atoms with van der Waals surface area (Å²) in [6.07, 6.45) is 0.969. The standard InChI is InChI=1S/C13H21N3O/c1-3-11-5-4-6-12(9-11)15-13(17)10-16(2)8-7-14/h4-6,9H,3,7-8,10,14H2,1-2H3,(H,15,17). The average Bonchev–Trinajstić information content (AvgIpc) is 2.29. The van der Waals surface area contributed by atoms with E-state index in [2.05, 4.69) is 18.3 Å². The number of nitrogens with zero attached hydrogens (tertiary/aromatic N) is 1. The molecule has 0 aliphatic carbocycles. The van der Waals surface area contributed by atoms with Crippen LogP contribution in [0.1, 0.15) is 12.5 Å². The minimum absolute atomic E-state index is 0.00537. The molecular formula is C13H21N3O. The Morgan fingerprint density at radius 2 is 2.24 bits per heavy atom. The molecule has 0 aliphatic heterocycles. The number of rotatable bonds is 6. The number of hydrogen-bond donors (Lipinski definition) is 2. The zero-order chi connectivity index (χ0) is 12.7. The highest BCUT2D eigenvalue weighted by atomic mass is 16.2. The van der Waals surface area contributed by atoms with Crippen LogP contribution in [0.5, 0.6) is 0 Å². The van der Waals surface area contributed by atoms with Crippen LogP contribution in [0.4, 0.5) is 5.69 Å². The first-order valence-corrected chi connectivity index (χ1v) is 5.93. The van der Waals surface area contributed by atoms with Crippen molar-refractivity contribution in [1.82, 2.24) is 4.90 Å². The van der Waals surface area contributed by atoms with Crippen LogP contribution in [0, 0.1) is 0 Å². The topological polar surface area (TPSA) is 58.4 Å². The largest absolute Gasteiger partial charge is 0.329 e. The Morgan fingerprint density at radius 1 is 1.47 bits per heavy atom. The zero-order valence-electron chi connectivity index (χ0n) is 10.6. The van der Waals surface area contributed by atoms with Gasteiger partial charge in [0, 0.05) is 18.8 Å². The second-order valence-electron chi connectivity index (χ2n) is 4.13. The van der Waals surface area contributed by atoms with Crippen molar-refractivity contribution in [2.45, 2.75) is 13.3 Å². The van der Waals surface area contributed by atoms with Crippen LogP contribution < -0.4 is 11.1 Å². The third kappa shape index (κ3) is 4.97. The molecule has 0 unspecified atom stereocenters. The van der Waals surface area contributed by atoms with Crippen LogP contribution in [-0.2, 0) is 11.2 Å². The fourth-order valence-corrected chi connectivity index (χ4v) is 1.61. The van der Waals surface area contributed by atoms with Crippen molar-refractivity contribution in [3.63, 3.8) is 0 Å². The van der Waals surface area contributed by atoms with E-state index >= 15 is 0 Å². The quantitative estimate of drug-likeness (QED) is 0.775. The smallest absolute Gasteiger partial charge is 0.238 e. The van der Waals surface area contributed by atoms with Gasteiger partial charge in [-0.05, 0) is 31.2 Å². The molecule has 0 radical (unpaired) electrons. The Morgan fingerprint density at radius 3 is 2.88 bits per heavy atom. The number of likely N-dealkylation sites (N-methyl/N-ethyl adjacent to an activating group) is 1. The normalized spacial score (nSPS) is 10.6. The predicted octanol–water partition coefficient (Wildman–Crippen LogP) is 1.08. The molecule has 0 aromatic heterocycles. The van der Waals surface area contributed by atoms with Crippen molar-refractivity contribution in [3.8, 4) is 0 Å². The summed E-state index contributed by atoms with van der Waals surface area (Å²) in [4.78, 5) is 13.6. The van der Waals surface area contributed by atoms with E-state index in [1.54, 1.807) is 0 Å².